The van der Waals surface area contributed by atoms with Crippen LogP contribution in [0.15, 0.2) is 35.3 Å². The SMILES string of the molecule is CCNC(=NCC(C)(C)c1ccccc1)NCCN(C)CCCOC. The summed E-state index contributed by atoms with van der Waals surface area (Å²) in [6.07, 6.45) is 1.06. The average Bonchev–Trinajstić information content (AvgIpc) is 2.61. The molecule has 1 aromatic rings. The predicted octanol–water partition coefficient (Wildman–Crippen LogP) is 2.49. The van der Waals surface area contributed by atoms with E-state index in [0.29, 0.717) is 0 Å². The fourth-order valence-electron chi connectivity index (χ4n) is 2.55. The molecule has 0 radical (unpaired) electrons. The van der Waals surface area contributed by atoms with Crippen molar-refractivity contribution in [1.82, 2.24) is 15.5 Å². The van der Waals surface area contributed by atoms with E-state index >= 15 is 0 Å². The molecule has 2 N–H and O–H groups in total. The van der Waals surface area contributed by atoms with Crippen LogP contribution in [-0.4, -0.2) is 64.3 Å². The molecule has 0 spiro atoms. The zero-order valence-corrected chi connectivity index (χ0v) is 16.6. The first-order chi connectivity index (χ1) is 12.0. The number of hydrogen-bond donors (Lipinski definition) is 2. The Kier molecular flexibility index (Phi) is 10.2. The van der Waals surface area contributed by atoms with E-state index in [1.54, 1.807) is 7.11 Å². The second-order valence-electron chi connectivity index (χ2n) is 7.02. The van der Waals surface area contributed by atoms with Gasteiger partial charge in [0, 0.05) is 45.3 Å². The quantitative estimate of drug-likeness (QED) is 0.366. The normalized spacial score (nSPS) is 12.5. The van der Waals surface area contributed by atoms with Crippen LogP contribution in [0.2, 0.25) is 0 Å². The minimum Gasteiger partial charge on any atom is -0.385 e. The zero-order valence-electron chi connectivity index (χ0n) is 16.6. The Bertz CT molecular complexity index is 488. The number of nitrogens with zero attached hydrogens (tertiary/aromatic N) is 2. The fourth-order valence-corrected chi connectivity index (χ4v) is 2.55. The summed E-state index contributed by atoms with van der Waals surface area (Å²) in [4.78, 5) is 7.10. The summed E-state index contributed by atoms with van der Waals surface area (Å²) in [5, 5.41) is 6.77. The van der Waals surface area contributed by atoms with Crippen LogP contribution in [0.3, 0.4) is 0 Å². The monoisotopic (exact) mass is 348 g/mol. The molecule has 1 rings (SSSR count). The van der Waals surface area contributed by atoms with E-state index in [1.165, 1.54) is 5.56 Å². The molecule has 5 heteroatoms. The van der Waals surface area contributed by atoms with E-state index in [4.69, 9.17) is 9.73 Å². The highest BCUT2D eigenvalue weighted by Gasteiger charge is 2.19. The van der Waals surface area contributed by atoms with E-state index in [9.17, 15) is 0 Å². The maximum atomic E-state index is 5.10. The molecule has 0 heterocycles. The molecule has 142 valence electrons. The second-order valence-corrected chi connectivity index (χ2v) is 7.02. The van der Waals surface area contributed by atoms with E-state index in [2.05, 4.69) is 73.7 Å². The van der Waals surface area contributed by atoms with Crippen molar-refractivity contribution in [1.29, 1.82) is 0 Å². The van der Waals surface area contributed by atoms with E-state index in [-0.39, 0.29) is 5.41 Å². The van der Waals surface area contributed by atoms with Gasteiger partial charge in [-0.05, 0) is 26.0 Å². The van der Waals surface area contributed by atoms with Gasteiger partial charge in [-0.3, -0.25) is 4.99 Å². The van der Waals surface area contributed by atoms with Crippen LogP contribution < -0.4 is 10.6 Å². The number of benzene rings is 1. The molecule has 0 bridgehead atoms. The van der Waals surface area contributed by atoms with E-state index < -0.39 is 0 Å². The maximum absolute atomic E-state index is 5.10. The minimum absolute atomic E-state index is 0.0144. The van der Waals surface area contributed by atoms with Crippen LogP contribution in [0.4, 0.5) is 0 Å². The van der Waals surface area contributed by atoms with Crippen molar-refractivity contribution in [2.75, 3.05) is 53.5 Å². The molecule has 0 aliphatic rings. The average molecular weight is 349 g/mol. The lowest BCUT2D eigenvalue weighted by Gasteiger charge is -2.24. The summed E-state index contributed by atoms with van der Waals surface area (Å²) >= 11 is 0. The maximum Gasteiger partial charge on any atom is 0.191 e. The lowest BCUT2D eigenvalue weighted by Crippen LogP contribution is -2.42. The summed E-state index contributed by atoms with van der Waals surface area (Å²) in [7, 11) is 3.89. The summed E-state index contributed by atoms with van der Waals surface area (Å²) in [5.41, 5.74) is 1.33. The number of nitrogens with one attached hydrogen (secondary N) is 2. The van der Waals surface area contributed by atoms with Crippen LogP contribution in [-0.2, 0) is 10.2 Å². The molecule has 0 fully saturated rings. The van der Waals surface area contributed by atoms with Crippen LogP contribution in [0.5, 0.6) is 0 Å². The predicted molar refractivity (Wildman–Crippen MR) is 107 cm³/mol. The Labute approximate surface area is 153 Å². The topological polar surface area (TPSA) is 48.9 Å². The van der Waals surface area contributed by atoms with Gasteiger partial charge in [-0.1, -0.05) is 44.2 Å². The molecule has 0 saturated heterocycles. The molecule has 0 atom stereocenters. The third-order valence-electron chi connectivity index (χ3n) is 4.21. The number of aliphatic imine (C=N–C) groups is 1. The van der Waals surface area contributed by atoms with Gasteiger partial charge in [0.15, 0.2) is 5.96 Å². The summed E-state index contributed by atoms with van der Waals surface area (Å²) < 4.78 is 5.10. The number of hydrogen-bond acceptors (Lipinski definition) is 3. The Morgan fingerprint density at radius 3 is 2.52 bits per heavy atom. The smallest absolute Gasteiger partial charge is 0.191 e. The van der Waals surface area contributed by atoms with Crippen molar-refractivity contribution in [2.24, 2.45) is 4.99 Å². The molecule has 0 unspecified atom stereocenters. The van der Waals surface area contributed by atoms with Crippen molar-refractivity contribution in [3.63, 3.8) is 0 Å². The third-order valence-corrected chi connectivity index (χ3v) is 4.21. The van der Waals surface area contributed by atoms with Gasteiger partial charge in [0.2, 0.25) is 0 Å². The van der Waals surface area contributed by atoms with Gasteiger partial charge < -0.3 is 20.3 Å². The van der Waals surface area contributed by atoms with Crippen LogP contribution in [0, 0.1) is 0 Å². The lowest BCUT2D eigenvalue weighted by atomic mass is 9.85. The van der Waals surface area contributed by atoms with Crippen molar-refractivity contribution in [3.8, 4) is 0 Å². The Morgan fingerprint density at radius 2 is 1.88 bits per heavy atom. The summed E-state index contributed by atoms with van der Waals surface area (Å²) in [6, 6.07) is 10.6. The van der Waals surface area contributed by atoms with Crippen LogP contribution >= 0.6 is 0 Å². The molecule has 0 saturated carbocycles. The van der Waals surface area contributed by atoms with Gasteiger partial charge in [0.25, 0.3) is 0 Å². The highest BCUT2D eigenvalue weighted by atomic mass is 16.5. The molecule has 0 amide bonds. The number of rotatable bonds is 11. The molecule has 0 aliphatic heterocycles. The Balaban J connectivity index is 2.48. The Hall–Kier alpha value is -1.59. The van der Waals surface area contributed by atoms with Gasteiger partial charge in [0.1, 0.15) is 0 Å². The van der Waals surface area contributed by atoms with Crippen LogP contribution in [0.1, 0.15) is 32.8 Å². The zero-order chi connectivity index (χ0) is 18.5. The van der Waals surface area contributed by atoms with E-state index in [1.807, 2.05) is 0 Å². The molecular weight excluding hydrogens is 312 g/mol. The fraction of sp³-hybridized carbons (Fsp3) is 0.650. The third kappa shape index (κ3) is 8.89. The summed E-state index contributed by atoms with van der Waals surface area (Å²) in [5.74, 6) is 0.886. The lowest BCUT2D eigenvalue weighted by molar-refractivity contribution is 0.180. The molecule has 0 aromatic heterocycles. The van der Waals surface area contributed by atoms with Gasteiger partial charge in [-0.2, -0.15) is 0 Å². The first-order valence-electron chi connectivity index (χ1n) is 9.24. The largest absolute Gasteiger partial charge is 0.385 e. The van der Waals surface area contributed by atoms with Crippen molar-refractivity contribution in [3.05, 3.63) is 35.9 Å². The first kappa shape index (κ1) is 21.5. The molecule has 0 aliphatic carbocycles. The molecule has 5 nitrogen and oxygen atoms in total. The number of likely N-dealkylation sites (N-methyl/N-ethyl adjacent to an activating group) is 1. The molecular formula is C20H36N4O. The van der Waals surface area contributed by atoms with Crippen molar-refractivity contribution < 1.29 is 4.74 Å². The number of guanidine groups is 1. The van der Waals surface area contributed by atoms with Gasteiger partial charge in [0.05, 0.1) is 6.54 Å². The number of methoxy groups -OCH3 is 1. The molecule has 25 heavy (non-hydrogen) atoms. The number of ether oxygens (including phenoxy) is 1. The van der Waals surface area contributed by atoms with Gasteiger partial charge in [-0.15, -0.1) is 0 Å². The van der Waals surface area contributed by atoms with Crippen molar-refractivity contribution in [2.45, 2.75) is 32.6 Å². The van der Waals surface area contributed by atoms with Crippen molar-refractivity contribution >= 4 is 5.96 Å². The minimum atomic E-state index is 0.0144. The standard InChI is InChI=1S/C20H36N4O/c1-6-21-19(22-13-15-24(4)14-10-16-25-5)23-17-20(2,3)18-11-8-7-9-12-18/h7-9,11-12H,6,10,13-17H2,1-5H3,(H2,21,22,23). The van der Waals surface area contributed by atoms with Gasteiger partial charge in [-0.25, -0.2) is 0 Å². The summed E-state index contributed by atoms with van der Waals surface area (Å²) in [6.45, 7) is 11.9. The van der Waals surface area contributed by atoms with Crippen LogP contribution in [0.25, 0.3) is 0 Å². The van der Waals surface area contributed by atoms with E-state index in [0.717, 1.165) is 51.7 Å². The second kappa shape index (κ2) is 11.9. The highest BCUT2D eigenvalue weighted by Crippen LogP contribution is 2.22. The molecule has 1 aromatic carbocycles. The highest BCUT2D eigenvalue weighted by molar-refractivity contribution is 5.79. The van der Waals surface area contributed by atoms with Gasteiger partial charge >= 0.3 is 0 Å². The first-order valence-corrected chi connectivity index (χ1v) is 9.24. The Morgan fingerprint density at radius 1 is 1.16 bits per heavy atom.